The first-order chi connectivity index (χ1) is 11.4. The van der Waals surface area contributed by atoms with Crippen LogP contribution in [0, 0.1) is 19.3 Å². The maximum absolute atomic E-state index is 12.7. The van der Waals surface area contributed by atoms with Gasteiger partial charge in [0.05, 0.1) is 24.3 Å². The molecule has 1 saturated carbocycles. The van der Waals surface area contributed by atoms with Crippen molar-refractivity contribution < 1.29 is 14.6 Å². The molecule has 1 aromatic heterocycles. The Morgan fingerprint density at radius 2 is 2.04 bits per heavy atom. The fourth-order valence-corrected chi connectivity index (χ4v) is 4.33. The first-order valence-electron chi connectivity index (χ1n) is 8.95. The van der Waals surface area contributed by atoms with Gasteiger partial charge in [0.1, 0.15) is 0 Å². The zero-order chi connectivity index (χ0) is 17.5. The number of hydrogen-bond donors (Lipinski definition) is 1. The summed E-state index contributed by atoms with van der Waals surface area (Å²) in [5.41, 5.74) is 2.90. The highest BCUT2D eigenvalue weighted by atomic mass is 16.5. The molecule has 1 amide bonds. The quantitative estimate of drug-likeness (QED) is 0.902. The Hall–Kier alpha value is -1.40. The average Bonchev–Trinajstić information content (AvgIpc) is 2.81. The number of aliphatic hydroxyl groups excluding tert-OH is 1. The first kappa shape index (κ1) is 17.4. The summed E-state index contributed by atoms with van der Waals surface area (Å²) in [4.78, 5) is 14.6. The van der Waals surface area contributed by atoms with E-state index in [9.17, 15) is 9.90 Å². The maximum atomic E-state index is 12.7. The monoisotopic (exact) mass is 335 g/mol. The van der Waals surface area contributed by atoms with Gasteiger partial charge in [0.25, 0.3) is 0 Å². The van der Waals surface area contributed by atoms with Gasteiger partial charge in [-0.05, 0) is 33.6 Å². The summed E-state index contributed by atoms with van der Waals surface area (Å²) in [6.45, 7) is 8.05. The molecule has 2 unspecified atom stereocenters. The van der Waals surface area contributed by atoms with Crippen molar-refractivity contribution in [2.75, 3.05) is 19.7 Å². The van der Waals surface area contributed by atoms with E-state index in [1.54, 1.807) is 0 Å². The fourth-order valence-electron chi connectivity index (χ4n) is 4.33. The summed E-state index contributed by atoms with van der Waals surface area (Å²) in [7, 11) is 1.91. The van der Waals surface area contributed by atoms with Crippen molar-refractivity contribution in [2.24, 2.45) is 12.5 Å². The van der Waals surface area contributed by atoms with Gasteiger partial charge in [-0.1, -0.05) is 0 Å². The molecule has 0 aromatic carbocycles. The van der Waals surface area contributed by atoms with Crippen molar-refractivity contribution in [3.8, 4) is 0 Å². The van der Waals surface area contributed by atoms with Gasteiger partial charge in [-0.2, -0.15) is 5.10 Å². The highest BCUT2D eigenvalue weighted by Gasteiger charge is 2.56. The van der Waals surface area contributed by atoms with Crippen LogP contribution < -0.4 is 0 Å². The smallest absolute Gasteiger partial charge is 0.227 e. The second-order valence-corrected chi connectivity index (χ2v) is 7.26. The van der Waals surface area contributed by atoms with Gasteiger partial charge in [-0.15, -0.1) is 0 Å². The van der Waals surface area contributed by atoms with Crippen molar-refractivity contribution in [3.63, 3.8) is 0 Å². The van der Waals surface area contributed by atoms with E-state index in [4.69, 9.17) is 4.74 Å². The molecule has 2 fully saturated rings. The predicted octanol–water partition coefficient (Wildman–Crippen LogP) is 1.36. The highest BCUT2D eigenvalue weighted by Crippen LogP contribution is 2.50. The van der Waals surface area contributed by atoms with Crippen LogP contribution in [0.4, 0.5) is 0 Å². The van der Waals surface area contributed by atoms with Gasteiger partial charge >= 0.3 is 0 Å². The minimum Gasteiger partial charge on any atom is -0.392 e. The number of ether oxygens (including phenoxy) is 1. The molecule has 1 aliphatic carbocycles. The van der Waals surface area contributed by atoms with Crippen LogP contribution in [0.1, 0.15) is 43.1 Å². The third-order valence-electron chi connectivity index (χ3n) is 6.14. The number of nitrogens with zero attached hydrogens (tertiary/aromatic N) is 3. The normalized spacial score (nSPS) is 25.8. The summed E-state index contributed by atoms with van der Waals surface area (Å²) in [6.07, 6.45) is 2.67. The van der Waals surface area contributed by atoms with E-state index < -0.39 is 0 Å². The van der Waals surface area contributed by atoms with Crippen LogP contribution in [0.5, 0.6) is 0 Å². The molecule has 1 saturated heterocycles. The number of hydrogen-bond acceptors (Lipinski definition) is 4. The van der Waals surface area contributed by atoms with Crippen LogP contribution >= 0.6 is 0 Å². The Morgan fingerprint density at radius 1 is 1.38 bits per heavy atom. The zero-order valence-corrected chi connectivity index (χ0v) is 15.2. The van der Waals surface area contributed by atoms with Crippen LogP contribution in [-0.2, 0) is 23.0 Å². The van der Waals surface area contributed by atoms with Gasteiger partial charge in [-0.25, -0.2) is 0 Å². The minimum absolute atomic E-state index is 0.132. The second-order valence-electron chi connectivity index (χ2n) is 7.26. The van der Waals surface area contributed by atoms with E-state index in [-0.39, 0.29) is 23.5 Å². The van der Waals surface area contributed by atoms with Gasteiger partial charge in [0.2, 0.25) is 5.91 Å². The third kappa shape index (κ3) is 2.75. The summed E-state index contributed by atoms with van der Waals surface area (Å²) < 4.78 is 7.63. The van der Waals surface area contributed by atoms with Crippen LogP contribution in [0.3, 0.4) is 0 Å². The van der Waals surface area contributed by atoms with E-state index >= 15 is 0 Å². The highest BCUT2D eigenvalue weighted by molar-refractivity contribution is 5.79. The van der Waals surface area contributed by atoms with Crippen molar-refractivity contribution in [2.45, 2.75) is 58.7 Å². The zero-order valence-electron chi connectivity index (χ0n) is 15.2. The topological polar surface area (TPSA) is 67.6 Å². The molecule has 0 bridgehead atoms. The van der Waals surface area contributed by atoms with Gasteiger partial charge < -0.3 is 14.7 Å². The molecule has 134 valence electrons. The Bertz CT molecular complexity index is 615. The number of amides is 1. The molecule has 1 aromatic rings. The number of carbonyl (C=O) groups is 1. The SMILES string of the molecule is CCOC1CC(O)C12CCN(C(=O)Cc1c(C)nn(C)c1C)CC2. The third-order valence-corrected chi connectivity index (χ3v) is 6.14. The molecule has 24 heavy (non-hydrogen) atoms. The molecular formula is C18H29N3O3. The minimum atomic E-state index is -0.283. The first-order valence-corrected chi connectivity index (χ1v) is 8.95. The summed E-state index contributed by atoms with van der Waals surface area (Å²) in [5.74, 6) is 0.158. The molecule has 1 aliphatic heterocycles. The summed E-state index contributed by atoms with van der Waals surface area (Å²) in [5, 5.41) is 14.7. The Kier molecular flexibility index (Phi) is 4.71. The van der Waals surface area contributed by atoms with E-state index in [0.717, 1.165) is 36.2 Å². The lowest BCUT2D eigenvalue weighted by Crippen LogP contribution is -2.62. The molecule has 6 nitrogen and oxygen atoms in total. The summed E-state index contributed by atoms with van der Waals surface area (Å²) in [6, 6.07) is 0. The Balaban J connectivity index is 1.61. The largest absolute Gasteiger partial charge is 0.392 e. The lowest BCUT2D eigenvalue weighted by atomic mass is 9.58. The molecular weight excluding hydrogens is 306 g/mol. The van der Waals surface area contributed by atoms with Gasteiger partial charge in [0.15, 0.2) is 0 Å². The van der Waals surface area contributed by atoms with Crippen molar-refractivity contribution in [1.82, 2.24) is 14.7 Å². The van der Waals surface area contributed by atoms with Crippen molar-refractivity contribution in [3.05, 3.63) is 17.0 Å². The molecule has 6 heteroatoms. The molecule has 2 aliphatic rings. The van der Waals surface area contributed by atoms with Crippen LogP contribution in [0.25, 0.3) is 0 Å². The van der Waals surface area contributed by atoms with E-state index in [1.165, 1.54) is 0 Å². The molecule has 1 spiro atoms. The molecule has 2 heterocycles. The number of carbonyl (C=O) groups excluding carboxylic acids is 1. The van der Waals surface area contributed by atoms with Crippen molar-refractivity contribution >= 4 is 5.91 Å². The van der Waals surface area contributed by atoms with Crippen LogP contribution in [0.2, 0.25) is 0 Å². The van der Waals surface area contributed by atoms with E-state index in [2.05, 4.69) is 5.10 Å². The fraction of sp³-hybridized carbons (Fsp3) is 0.778. The van der Waals surface area contributed by atoms with Gasteiger partial charge in [0, 0.05) is 49.8 Å². The lowest BCUT2D eigenvalue weighted by molar-refractivity contribution is -0.210. The number of rotatable bonds is 4. The molecule has 3 rings (SSSR count). The number of likely N-dealkylation sites (tertiary alicyclic amines) is 1. The van der Waals surface area contributed by atoms with Crippen molar-refractivity contribution in [1.29, 1.82) is 0 Å². The van der Waals surface area contributed by atoms with E-state index in [0.29, 0.717) is 26.1 Å². The predicted molar refractivity (Wildman–Crippen MR) is 90.7 cm³/mol. The molecule has 2 atom stereocenters. The lowest BCUT2D eigenvalue weighted by Gasteiger charge is -2.56. The number of aromatic nitrogens is 2. The number of aryl methyl sites for hydroxylation is 2. The number of piperidine rings is 1. The Labute approximate surface area is 143 Å². The standard InChI is InChI=1S/C18H29N3O3/c1-5-24-16-11-15(22)18(16)6-8-21(9-7-18)17(23)10-14-12(2)19-20(4)13(14)3/h15-16,22H,5-11H2,1-4H3. The van der Waals surface area contributed by atoms with Crippen LogP contribution in [0.15, 0.2) is 0 Å². The van der Waals surface area contributed by atoms with Gasteiger partial charge in [-0.3, -0.25) is 9.48 Å². The van der Waals surface area contributed by atoms with E-state index in [1.807, 2.05) is 37.4 Å². The van der Waals surface area contributed by atoms with Crippen LogP contribution in [-0.4, -0.2) is 57.6 Å². The molecule has 1 N–H and O–H groups in total. The Morgan fingerprint density at radius 3 is 2.54 bits per heavy atom. The number of aliphatic hydroxyl groups is 1. The molecule has 0 radical (unpaired) electrons. The maximum Gasteiger partial charge on any atom is 0.227 e. The summed E-state index contributed by atoms with van der Waals surface area (Å²) >= 11 is 0. The second kappa shape index (κ2) is 6.48. The average molecular weight is 335 g/mol.